The average Bonchev–Trinajstić information content (AvgIpc) is 2.90. The normalized spacial score (nSPS) is 19.3. The van der Waals surface area contributed by atoms with Crippen LogP contribution in [0, 0.1) is 0 Å². The average molecular weight is 370 g/mol. The zero-order chi connectivity index (χ0) is 19.8. The second-order valence-electron chi connectivity index (χ2n) is 9.48. The molecule has 3 rings (SSSR count). The van der Waals surface area contributed by atoms with E-state index in [1.54, 1.807) is 0 Å². The number of nitrogens with one attached hydrogen (secondary N) is 1. The lowest BCUT2D eigenvalue weighted by molar-refractivity contribution is 0.0443. The van der Waals surface area contributed by atoms with Gasteiger partial charge in [-0.2, -0.15) is 0 Å². The largest absolute Gasteiger partial charge is 0.350 e. The molecule has 1 aliphatic heterocycles. The number of hydrogen-bond acceptors (Lipinski definition) is 2. The molecule has 0 spiro atoms. The molecule has 27 heavy (non-hydrogen) atoms. The van der Waals surface area contributed by atoms with Gasteiger partial charge in [0, 0.05) is 47.8 Å². The molecule has 1 fully saturated rings. The lowest BCUT2D eigenvalue weighted by Gasteiger charge is -2.49. The van der Waals surface area contributed by atoms with E-state index < -0.39 is 0 Å². The van der Waals surface area contributed by atoms with Crippen LogP contribution in [0.25, 0.3) is 10.9 Å². The number of amides is 1. The molecule has 0 aliphatic carbocycles. The Kier molecular flexibility index (Phi) is 5.40. The summed E-state index contributed by atoms with van der Waals surface area (Å²) in [5.41, 5.74) is 1.99. The van der Waals surface area contributed by atoms with Crippen LogP contribution in [0.4, 0.5) is 0 Å². The van der Waals surface area contributed by atoms with Crippen molar-refractivity contribution in [2.75, 3.05) is 6.54 Å². The van der Waals surface area contributed by atoms with E-state index in [9.17, 15) is 4.79 Å². The van der Waals surface area contributed by atoms with Crippen molar-refractivity contribution in [1.82, 2.24) is 14.8 Å². The van der Waals surface area contributed by atoms with Gasteiger partial charge in [-0.3, -0.25) is 4.79 Å². The third-order valence-electron chi connectivity index (χ3n) is 5.75. The number of nitrogens with zero attached hydrogens (tertiary/aromatic N) is 2. The van der Waals surface area contributed by atoms with E-state index in [0.29, 0.717) is 0 Å². The van der Waals surface area contributed by atoms with Gasteiger partial charge in [-0.1, -0.05) is 31.5 Å². The number of aryl methyl sites for hydroxylation is 1. The van der Waals surface area contributed by atoms with Crippen LogP contribution in [0.5, 0.6) is 0 Å². The fourth-order valence-electron chi connectivity index (χ4n) is 4.93. The molecule has 1 aromatic heterocycles. The Labute approximate surface area is 163 Å². The first-order chi connectivity index (χ1) is 12.6. The van der Waals surface area contributed by atoms with E-state index in [1.165, 1.54) is 0 Å². The van der Waals surface area contributed by atoms with Crippen LogP contribution < -0.4 is 5.32 Å². The van der Waals surface area contributed by atoms with Crippen LogP contribution in [0.2, 0.25) is 0 Å². The summed E-state index contributed by atoms with van der Waals surface area (Å²) < 4.78 is 2.07. The standard InChI is InChI=1S/C23H35N3O/c1-7-8-13-26(17-14-22(2,3)24-23(4,5)15-17)21(27)19-16-25(6)20-12-10-9-11-18(19)20/h9-12,16-17,24H,7-8,13-15H2,1-6H3. The van der Waals surface area contributed by atoms with E-state index >= 15 is 0 Å². The maximum Gasteiger partial charge on any atom is 0.256 e. The maximum atomic E-state index is 13.7. The number of unbranched alkanes of at least 4 members (excludes halogenated alkanes) is 1. The Morgan fingerprint density at radius 2 is 1.81 bits per heavy atom. The van der Waals surface area contributed by atoms with Gasteiger partial charge in [0.15, 0.2) is 0 Å². The van der Waals surface area contributed by atoms with Crippen molar-refractivity contribution in [3.05, 3.63) is 36.0 Å². The van der Waals surface area contributed by atoms with Gasteiger partial charge in [-0.05, 0) is 53.0 Å². The first-order valence-corrected chi connectivity index (χ1v) is 10.3. The molecule has 0 unspecified atom stereocenters. The van der Waals surface area contributed by atoms with Gasteiger partial charge >= 0.3 is 0 Å². The van der Waals surface area contributed by atoms with Gasteiger partial charge < -0.3 is 14.8 Å². The molecule has 4 nitrogen and oxygen atoms in total. The van der Waals surface area contributed by atoms with E-state index in [0.717, 1.165) is 48.7 Å². The zero-order valence-electron chi connectivity index (χ0n) is 17.8. The highest BCUT2D eigenvalue weighted by Gasteiger charge is 2.41. The van der Waals surface area contributed by atoms with Crippen molar-refractivity contribution in [1.29, 1.82) is 0 Å². The van der Waals surface area contributed by atoms with Crippen molar-refractivity contribution in [2.45, 2.75) is 77.4 Å². The summed E-state index contributed by atoms with van der Waals surface area (Å²) in [7, 11) is 2.02. The minimum atomic E-state index is 0.0237. The molecular formula is C23H35N3O. The van der Waals surface area contributed by atoms with E-state index in [4.69, 9.17) is 0 Å². The van der Waals surface area contributed by atoms with Crippen LogP contribution in [0.1, 0.15) is 70.7 Å². The number of hydrogen-bond donors (Lipinski definition) is 1. The van der Waals surface area contributed by atoms with E-state index in [2.05, 4.69) is 61.5 Å². The Morgan fingerprint density at radius 3 is 2.44 bits per heavy atom. The molecular weight excluding hydrogens is 334 g/mol. The fourth-order valence-corrected chi connectivity index (χ4v) is 4.93. The van der Waals surface area contributed by atoms with Crippen molar-refractivity contribution < 1.29 is 4.79 Å². The Balaban J connectivity index is 1.97. The molecule has 1 aliphatic rings. The molecule has 1 amide bonds. The molecule has 0 bridgehead atoms. The number of piperidine rings is 1. The number of benzene rings is 1. The van der Waals surface area contributed by atoms with Crippen molar-refractivity contribution in [3.63, 3.8) is 0 Å². The fraction of sp³-hybridized carbons (Fsp3) is 0.609. The van der Waals surface area contributed by atoms with Crippen molar-refractivity contribution in [2.24, 2.45) is 7.05 Å². The van der Waals surface area contributed by atoms with Gasteiger partial charge in [0.1, 0.15) is 0 Å². The Hall–Kier alpha value is -1.81. The molecule has 2 heterocycles. The smallest absolute Gasteiger partial charge is 0.256 e. The zero-order valence-corrected chi connectivity index (χ0v) is 17.8. The minimum absolute atomic E-state index is 0.0237. The van der Waals surface area contributed by atoms with Gasteiger partial charge in [0.2, 0.25) is 0 Å². The van der Waals surface area contributed by atoms with Gasteiger partial charge in [0.05, 0.1) is 5.56 Å². The summed E-state index contributed by atoms with van der Waals surface area (Å²) in [6.07, 6.45) is 6.11. The third-order valence-corrected chi connectivity index (χ3v) is 5.75. The summed E-state index contributed by atoms with van der Waals surface area (Å²) in [6.45, 7) is 12.0. The first kappa shape index (κ1) is 19.9. The highest BCUT2D eigenvalue weighted by atomic mass is 16.2. The van der Waals surface area contributed by atoms with E-state index in [1.807, 2.05) is 25.4 Å². The Bertz CT molecular complexity index is 802. The monoisotopic (exact) mass is 369 g/mol. The number of carbonyl (C=O) groups excluding carboxylic acids is 1. The minimum Gasteiger partial charge on any atom is -0.350 e. The summed E-state index contributed by atoms with van der Waals surface area (Å²) in [4.78, 5) is 15.9. The highest BCUT2D eigenvalue weighted by molar-refractivity contribution is 6.07. The highest BCUT2D eigenvalue weighted by Crippen LogP contribution is 2.33. The predicted octanol–water partition coefficient (Wildman–Crippen LogP) is 4.73. The van der Waals surface area contributed by atoms with Crippen LogP contribution in [-0.4, -0.2) is 39.0 Å². The molecule has 0 saturated carbocycles. The number of carbonyl (C=O) groups is 1. The van der Waals surface area contributed by atoms with Gasteiger partial charge in [0.25, 0.3) is 5.91 Å². The molecule has 1 saturated heterocycles. The van der Waals surface area contributed by atoms with Crippen LogP contribution in [0.15, 0.2) is 30.5 Å². The quantitative estimate of drug-likeness (QED) is 0.827. The lowest BCUT2D eigenvalue weighted by Crippen LogP contribution is -2.62. The summed E-state index contributed by atoms with van der Waals surface area (Å²) in [5, 5.41) is 4.80. The number of para-hydroxylation sites is 1. The summed E-state index contributed by atoms with van der Waals surface area (Å²) in [5.74, 6) is 0.179. The van der Waals surface area contributed by atoms with Crippen LogP contribution in [-0.2, 0) is 7.05 Å². The molecule has 148 valence electrons. The molecule has 1 aromatic carbocycles. The van der Waals surface area contributed by atoms with Crippen LogP contribution >= 0.6 is 0 Å². The Morgan fingerprint density at radius 1 is 1.19 bits per heavy atom. The summed E-state index contributed by atoms with van der Waals surface area (Å²) >= 11 is 0. The summed E-state index contributed by atoms with van der Waals surface area (Å²) in [6, 6.07) is 8.46. The molecule has 1 N–H and O–H groups in total. The van der Waals surface area contributed by atoms with Gasteiger partial charge in [-0.15, -0.1) is 0 Å². The second-order valence-corrected chi connectivity index (χ2v) is 9.48. The predicted molar refractivity (Wildman–Crippen MR) is 113 cm³/mol. The molecule has 0 atom stereocenters. The van der Waals surface area contributed by atoms with Crippen molar-refractivity contribution >= 4 is 16.8 Å². The van der Waals surface area contributed by atoms with Crippen LogP contribution in [0.3, 0.4) is 0 Å². The number of aromatic nitrogens is 1. The number of rotatable bonds is 5. The van der Waals surface area contributed by atoms with Gasteiger partial charge in [-0.25, -0.2) is 0 Å². The maximum absolute atomic E-state index is 13.7. The molecule has 4 heteroatoms. The molecule has 2 aromatic rings. The SMILES string of the molecule is CCCCN(C(=O)c1cn(C)c2ccccc12)C1CC(C)(C)NC(C)(C)C1. The lowest BCUT2D eigenvalue weighted by atomic mass is 9.78. The first-order valence-electron chi connectivity index (χ1n) is 10.3. The second kappa shape index (κ2) is 7.31. The topological polar surface area (TPSA) is 37.3 Å². The molecule has 0 radical (unpaired) electrons. The third kappa shape index (κ3) is 4.21. The van der Waals surface area contributed by atoms with E-state index in [-0.39, 0.29) is 23.0 Å². The van der Waals surface area contributed by atoms with Crippen molar-refractivity contribution in [3.8, 4) is 0 Å². The number of fused-ring (bicyclic) bond motifs is 1.